The molecule has 0 aliphatic rings. The van der Waals surface area contributed by atoms with Crippen molar-refractivity contribution < 1.29 is 20.1 Å². The average molecular weight is 608 g/mol. The Morgan fingerprint density at radius 1 is 0.558 bits per heavy atom. The van der Waals surface area contributed by atoms with E-state index in [2.05, 4.69) is 43.5 Å². The van der Waals surface area contributed by atoms with Crippen LogP contribution >= 0.6 is 0 Å². The van der Waals surface area contributed by atoms with Crippen LogP contribution in [0.4, 0.5) is 0 Å². The highest BCUT2D eigenvalue weighted by Gasteiger charge is 2.23. The van der Waals surface area contributed by atoms with Crippen LogP contribution in [0.3, 0.4) is 0 Å². The lowest BCUT2D eigenvalue weighted by Crippen LogP contribution is -2.49. The minimum absolute atomic E-state index is 0.315. The van der Waals surface area contributed by atoms with Gasteiger partial charge in [-0.15, -0.1) is 0 Å². The minimum Gasteiger partial charge on any atom is -0.394 e. The highest BCUT2D eigenvalue weighted by Crippen LogP contribution is 2.15. The van der Waals surface area contributed by atoms with Crippen LogP contribution < -0.4 is 5.32 Å². The highest BCUT2D eigenvalue weighted by molar-refractivity contribution is 5.80. The largest absolute Gasteiger partial charge is 0.394 e. The van der Waals surface area contributed by atoms with Gasteiger partial charge in [-0.2, -0.15) is 0 Å². The van der Waals surface area contributed by atoms with Crippen LogP contribution in [0, 0.1) is 0 Å². The third-order valence-corrected chi connectivity index (χ3v) is 8.60. The Labute approximate surface area is 267 Å². The molecule has 0 aliphatic heterocycles. The first-order valence-corrected chi connectivity index (χ1v) is 18.7. The molecular formula is C38H73NO4. The molecule has 0 aliphatic carbocycles. The van der Waals surface area contributed by atoms with E-state index in [1.54, 1.807) is 0 Å². The summed E-state index contributed by atoms with van der Waals surface area (Å²) in [5, 5.41) is 33.1. The summed E-state index contributed by atoms with van der Waals surface area (Å²) in [5.41, 5.74) is 0. The van der Waals surface area contributed by atoms with Crippen LogP contribution in [-0.4, -0.2) is 46.1 Å². The van der Waals surface area contributed by atoms with Gasteiger partial charge in [0.05, 0.1) is 18.8 Å². The Hall–Kier alpha value is -1.17. The normalized spacial score (nSPS) is 14.1. The first-order valence-electron chi connectivity index (χ1n) is 18.7. The molecule has 0 bridgehead atoms. The van der Waals surface area contributed by atoms with E-state index in [1.165, 1.54) is 128 Å². The summed E-state index contributed by atoms with van der Waals surface area (Å²) < 4.78 is 0. The standard InChI is InChI=1S/C38H73NO4/c1-3-5-7-9-11-13-15-16-17-18-19-20-21-23-25-27-29-31-33-37(42)38(43)39-35(34-40)36(41)32-30-28-26-24-22-14-12-10-8-6-4-2/h11,13,15-16,35-37,40-42H,3-10,12,14,17-34H2,1-2H3,(H,39,43)/b13-11-,16-15-. The van der Waals surface area contributed by atoms with Gasteiger partial charge in [-0.05, 0) is 38.5 Å². The quantitative estimate of drug-likeness (QED) is 0.0441. The van der Waals surface area contributed by atoms with E-state index in [4.69, 9.17) is 0 Å². The van der Waals surface area contributed by atoms with Crippen molar-refractivity contribution in [3.63, 3.8) is 0 Å². The fourth-order valence-electron chi connectivity index (χ4n) is 5.59. The predicted molar refractivity (Wildman–Crippen MR) is 185 cm³/mol. The van der Waals surface area contributed by atoms with Gasteiger partial charge in [0.25, 0.3) is 0 Å². The summed E-state index contributed by atoms with van der Waals surface area (Å²) in [7, 11) is 0. The molecule has 254 valence electrons. The Bertz CT molecular complexity index is 635. The molecule has 5 nitrogen and oxygen atoms in total. The number of hydrogen-bond acceptors (Lipinski definition) is 4. The molecule has 4 N–H and O–H groups in total. The van der Waals surface area contributed by atoms with Crippen LogP contribution in [0.2, 0.25) is 0 Å². The minimum atomic E-state index is -1.08. The van der Waals surface area contributed by atoms with Gasteiger partial charge in [-0.1, -0.05) is 173 Å². The van der Waals surface area contributed by atoms with Crippen molar-refractivity contribution in [2.45, 2.75) is 205 Å². The number of unbranched alkanes of at least 4 members (excludes halogenated alkanes) is 22. The molecule has 3 atom stereocenters. The molecule has 3 unspecified atom stereocenters. The number of allylic oxidation sites excluding steroid dienone is 4. The zero-order valence-electron chi connectivity index (χ0n) is 28.6. The molecular weight excluding hydrogens is 534 g/mol. The van der Waals surface area contributed by atoms with Gasteiger partial charge in [0.15, 0.2) is 0 Å². The van der Waals surface area contributed by atoms with Crippen LogP contribution in [0.1, 0.15) is 187 Å². The van der Waals surface area contributed by atoms with Crippen LogP contribution in [0.15, 0.2) is 24.3 Å². The number of carbonyl (C=O) groups excluding carboxylic acids is 1. The van der Waals surface area contributed by atoms with E-state index in [0.717, 1.165) is 32.1 Å². The van der Waals surface area contributed by atoms with Gasteiger partial charge in [0.1, 0.15) is 6.10 Å². The van der Waals surface area contributed by atoms with Crippen LogP contribution in [0.5, 0.6) is 0 Å². The van der Waals surface area contributed by atoms with Crippen LogP contribution in [0.25, 0.3) is 0 Å². The van der Waals surface area contributed by atoms with Gasteiger partial charge in [-0.25, -0.2) is 0 Å². The lowest BCUT2D eigenvalue weighted by atomic mass is 10.0. The van der Waals surface area contributed by atoms with E-state index in [0.29, 0.717) is 12.8 Å². The third kappa shape index (κ3) is 29.3. The van der Waals surface area contributed by atoms with Gasteiger partial charge >= 0.3 is 0 Å². The Balaban J connectivity index is 3.68. The van der Waals surface area contributed by atoms with Crippen molar-refractivity contribution >= 4 is 5.91 Å². The fourth-order valence-corrected chi connectivity index (χ4v) is 5.59. The number of aliphatic hydroxyl groups is 3. The maximum atomic E-state index is 12.4. The Morgan fingerprint density at radius 3 is 1.40 bits per heavy atom. The molecule has 0 aromatic carbocycles. The maximum absolute atomic E-state index is 12.4. The van der Waals surface area contributed by atoms with Crippen molar-refractivity contribution in [1.82, 2.24) is 5.32 Å². The number of carbonyl (C=O) groups is 1. The van der Waals surface area contributed by atoms with Gasteiger partial charge < -0.3 is 20.6 Å². The fraction of sp³-hybridized carbons (Fsp3) is 0.868. The molecule has 0 saturated heterocycles. The van der Waals surface area contributed by atoms with Gasteiger partial charge in [0.2, 0.25) is 5.91 Å². The summed E-state index contributed by atoms with van der Waals surface area (Å²) in [6, 6.07) is -0.710. The Kier molecular flexibility index (Phi) is 32.8. The third-order valence-electron chi connectivity index (χ3n) is 8.60. The molecule has 0 aromatic rings. The first kappa shape index (κ1) is 41.8. The maximum Gasteiger partial charge on any atom is 0.249 e. The van der Waals surface area contributed by atoms with Crippen molar-refractivity contribution in [3.8, 4) is 0 Å². The number of aliphatic hydroxyl groups excluding tert-OH is 3. The van der Waals surface area contributed by atoms with Crippen molar-refractivity contribution in [1.29, 1.82) is 0 Å². The SMILES string of the molecule is CCCCC/C=C\C=C/CCCCCCCCCCCC(O)C(=O)NC(CO)C(O)CCCCCCCCCCCCC. The predicted octanol–water partition coefficient (Wildman–Crippen LogP) is 9.87. The number of rotatable bonds is 33. The highest BCUT2D eigenvalue weighted by atomic mass is 16.3. The summed E-state index contributed by atoms with van der Waals surface area (Å²) in [5.74, 6) is -0.477. The lowest BCUT2D eigenvalue weighted by Gasteiger charge is -2.23. The summed E-state index contributed by atoms with van der Waals surface area (Å²) in [6.07, 6.45) is 38.7. The van der Waals surface area contributed by atoms with Crippen molar-refractivity contribution in [2.75, 3.05) is 6.61 Å². The number of nitrogens with one attached hydrogen (secondary N) is 1. The van der Waals surface area contributed by atoms with Gasteiger partial charge in [-0.3, -0.25) is 4.79 Å². The topological polar surface area (TPSA) is 89.8 Å². The second-order valence-electron chi connectivity index (χ2n) is 12.8. The smallest absolute Gasteiger partial charge is 0.249 e. The average Bonchev–Trinajstić information content (AvgIpc) is 3.01. The van der Waals surface area contributed by atoms with Gasteiger partial charge in [0, 0.05) is 0 Å². The summed E-state index contributed by atoms with van der Waals surface area (Å²) in [6.45, 7) is 4.17. The van der Waals surface area contributed by atoms with E-state index < -0.39 is 24.2 Å². The monoisotopic (exact) mass is 608 g/mol. The molecule has 0 radical (unpaired) electrons. The van der Waals surface area contributed by atoms with Crippen molar-refractivity contribution in [3.05, 3.63) is 24.3 Å². The Morgan fingerprint density at radius 2 is 0.930 bits per heavy atom. The molecule has 0 fully saturated rings. The molecule has 5 heteroatoms. The summed E-state index contributed by atoms with van der Waals surface area (Å²) in [4.78, 5) is 12.4. The molecule has 0 spiro atoms. The van der Waals surface area contributed by atoms with Crippen molar-refractivity contribution in [2.24, 2.45) is 0 Å². The summed E-state index contributed by atoms with van der Waals surface area (Å²) >= 11 is 0. The number of hydrogen-bond donors (Lipinski definition) is 4. The molecule has 43 heavy (non-hydrogen) atoms. The molecule has 0 heterocycles. The molecule has 0 aromatic heterocycles. The second-order valence-corrected chi connectivity index (χ2v) is 12.8. The molecule has 1 amide bonds. The van der Waals surface area contributed by atoms with E-state index in [1.807, 2.05) is 0 Å². The van der Waals surface area contributed by atoms with E-state index >= 15 is 0 Å². The second kappa shape index (κ2) is 33.7. The van der Waals surface area contributed by atoms with Crippen LogP contribution in [-0.2, 0) is 4.79 Å². The zero-order valence-corrected chi connectivity index (χ0v) is 28.6. The van der Waals surface area contributed by atoms with E-state index in [9.17, 15) is 20.1 Å². The lowest BCUT2D eigenvalue weighted by molar-refractivity contribution is -0.131. The molecule has 0 saturated carbocycles. The zero-order chi connectivity index (χ0) is 31.6. The van der Waals surface area contributed by atoms with E-state index in [-0.39, 0.29) is 6.61 Å². The number of amides is 1. The first-order chi connectivity index (χ1) is 21.1. The molecule has 0 rings (SSSR count).